The molecule has 0 unspecified atom stereocenters. The van der Waals surface area contributed by atoms with Crippen LogP contribution in [0.4, 0.5) is 10.2 Å². The third-order valence-electron chi connectivity index (χ3n) is 3.81. The van der Waals surface area contributed by atoms with E-state index in [1.807, 2.05) is 36.4 Å². The van der Waals surface area contributed by atoms with Gasteiger partial charge in [0.2, 0.25) is 0 Å². The molecule has 2 aromatic heterocycles. The number of anilines is 1. The van der Waals surface area contributed by atoms with Crippen molar-refractivity contribution in [3.63, 3.8) is 0 Å². The lowest BCUT2D eigenvalue weighted by atomic mass is 10.1. The molecule has 0 amide bonds. The van der Waals surface area contributed by atoms with Crippen LogP contribution in [0.2, 0.25) is 0 Å². The minimum absolute atomic E-state index is 0.363. The van der Waals surface area contributed by atoms with E-state index in [0.717, 1.165) is 11.3 Å². The van der Waals surface area contributed by atoms with Crippen LogP contribution in [0.25, 0.3) is 17.0 Å². The van der Waals surface area contributed by atoms with E-state index in [-0.39, 0.29) is 5.75 Å². The highest BCUT2D eigenvalue weighted by atomic mass is 19.1. The highest BCUT2D eigenvalue weighted by Gasteiger charge is 2.09. The third kappa shape index (κ3) is 2.99. The molecule has 25 heavy (non-hydrogen) atoms. The Hall–Kier alpha value is -3.48. The van der Waals surface area contributed by atoms with E-state index in [4.69, 9.17) is 0 Å². The van der Waals surface area contributed by atoms with Crippen molar-refractivity contribution < 1.29 is 9.50 Å². The Balaban J connectivity index is 1.68. The van der Waals surface area contributed by atoms with Crippen LogP contribution < -0.4 is 5.32 Å². The number of nitrogens with zero attached hydrogens (tertiary/aromatic N) is 4. The van der Waals surface area contributed by atoms with Crippen molar-refractivity contribution in [3.05, 3.63) is 72.3 Å². The van der Waals surface area contributed by atoms with E-state index < -0.39 is 5.82 Å². The fraction of sp³-hybridized carbons (Fsp3) is 0.0556. The van der Waals surface area contributed by atoms with E-state index in [2.05, 4.69) is 20.4 Å². The molecule has 0 aliphatic rings. The Morgan fingerprint density at radius 3 is 2.72 bits per heavy atom. The van der Waals surface area contributed by atoms with Crippen LogP contribution in [-0.2, 0) is 6.54 Å². The van der Waals surface area contributed by atoms with Crippen molar-refractivity contribution in [1.29, 1.82) is 0 Å². The van der Waals surface area contributed by atoms with Crippen LogP contribution in [0, 0.1) is 5.82 Å². The summed E-state index contributed by atoms with van der Waals surface area (Å²) >= 11 is 0. The topological polar surface area (TPSA) is 75.3 Å². The number of aromatic hydroxyl groups is 1. The maximum Gasteiger partial charge on any atom is 0.254 e. The first-order valence-electron chi connectivity index (χ1n) is 7.68. The number of phenolic OH excluding ortho intramolecular Hbond substituents is 1. The molecule has 4 aromatic rings. The number of rotatable bonds is 4. The molecular weight excluding hydrogens is 321 g/mol. The van der Waals surface area contributed by atoms with Crippen molar-refractivity contribution in [2.45, 2.75) is 6.54 Å². The molecule has 6 nitrogen and oxygen atoms in total. The van der Waals surface area contributed by atoms with Crippen LogP contribution in [0.5, 0.6) is 5.75 Å². The Labute approximate surface area is 142 Å². The summed E-state index contributed by atoms with van der Waals surface area (Å²) in [6, 6.07) is 15.9. The summed E-state index contributed by atoms with van der Waals surface area (Å²) in [5.41, 5.74) is 2.42. The molecule has 0 saturated carbocycles. The second-order valence-electron chi connectivity index (χ2n) is 5.50. The molecule has 7 heteroatoms. The van der Waals surface area contributed by atoms with Crippen LogP contribution in [0.3, 0.4) is 0 Å². The molecular formula is C18H14FN5O. The molecule has 2 aromatic carbocycles. The van der Waals surface area contributed by atoms with Gasteiger partial charge in [-0.1, -0.05) is 36.4 Å². The second kappa shape index (κ2) is 6.20. The quantitative estimate of drug-likeness (QED) is 0.599. The predicted molar refractivity (Wildman–Crippen MR) is 91.6 cm³/mol. The summed E-state index contributed by atoms with van der Waals surface area (Å²) in [6.45, 7) is 0.365. The summed E-state index contributed by atoms with van der Waals surface area (Å²) < 4.78 is 15.1. The van der Waals surface area contributed by atoms with Gasteiger partial charge in [0, 0.05) is 18.2 Å². The number of fused-ring (bicyclic) bond motifs is 1. The highest BCUT2D eigenvalue weighted by Crippen LogP contribution is 2.22. The first-order valence-corrected chi connectivity index (χ1v) is 7.68. The molecule has 2 N–H and O–H groups in total. The first kappa shape index (κ1) is 15.1. The van der Waals surface area contributed by atoms with Gasteiger partial charge in [0.15, 0.2) is 11.6 Å². The Bertz CT molecular complexity index is 1030. The number of hydrogen-bond acceptors (Lipinski definition) is 5. The fourth-order valence-electron chi connectivity index (χ4n) is 2.55. The lowest BCUT2D eigenvalue weighted by Crippen LogP contribution is -2.07. The summed E-state index contributed by atoms with van der Waals surface area (Å²) in [4.78, 5) is 8.66. The van der Waals surface area contributed by atoms with Crippen molar-refractivity contribution in [1.82, 2.24) is 19.6 Å². The molecule has 2 heterocycles. The molecule has 0 bridgehead atoms. The number of halogens is 1. The Morgan fingerprint density at radius 2 is 1.92 bits per heavy atom. The van der Waals surface area contributed by atoms with E-state index in [1.54, 1.807) is 10.6 Å². The van der Waals surface area contributed by atoms with Crippen LogP contribution in [-0.4, -0.2) is 24.7 Å². The van der Waals surface area contributed by atoms with Crippen molar-refractivity contribution >= 4 is 11.6 Å². The molecule has 0 aliphatic heterocycles. The number of benzene rings is 2. The van der Waals surface area contributed by atoms with Crippen molar-refractivity contribution in [3.8, 4) is 17.0 Å². The normalized spacial score (nSPS) is 10.9. The largest absolute Gasteiger partial charge is 0.505 e. The molecule has 0 radical (unpaired) electrons. The SMILES string of the molecule is Oc1ccc(CNc2cc(-c3ccccc3)nc3ncnn23)cc1F. The van der Waals surface area contributed by atoms with Gasteiger partial charge in [0.1, 0.15) is 12.1 Å². The standard InChI is InChI=1S/C18H14FN5O/c19-14-8-12(6-7-16(14)25)10-20-17-9-15(13-4-2-1-3-5-13)23-18-21-11-22-24(17)18/h1-9,11,20,25H,10H2. The van der Waals surface area contributed by atoms with Gasteiger partial charge in [-0.05, 0) is 17.7 Å². The molecule has 4 rings (SSSR count). The smallest absolute Gasteiger partial charge is 0.254 e. The number of hydrogen-bond donors (Lipinski definition) is 2. The lowest BCUT2D eigenvalue weighted by molar-refractivity contribution is 0.432. The number of nitrogens with one attached hydrogen (secondary N) is 1. The van der Waals surface area contributed by atoms with E-state index in [9.17, 15) is 9.50 Å². The van der Waals surface area contributed by atoms with Gasteiger partial charge in [-0.2, -0.15) is 14.6 Å². The summed E-state index contributed by atoms with van der Waals surface area (Å²) in [5.74, 6) is 0.151. The zero-order valence-corrected chi connectivity index (χ0v) is 13.1. The average molecular weight is 335 g/mol. The van der Waals surface area contributed by atoms with Crippen molar-refractivity contribution in [2.75, 3.05) is 5.32 Å². The zero-order valence-electron chi connectivity index (χ0n) is 13.1. The third-order valence-corrected chi connectivity index (χ3v) is 3.81. The van der Waals surface area contributed by atoms with E-state index >= 15 is 0 Å². The van der Waals surface area contributed by atoms with Crippen LogP contribution >= 0.6 is 0 Å². The van der Waals surface area contributed by atoms with Crippen LogP contribution in [0.1, 0.15) is 5.56 Å². The van der Waals surface area contributed by atoms with E-state index in [0.29, 0.717) is 23.7 Å². The minimum Gasteiger partial charge on any atom is -0.505 e. The molecule has 0 aliphatic carbocycles. The Morgan fingerprint density at radius 1 is 1.08 bits per heavy atom. The maximum atomic E-state index is 13.5. The first-order chi connectivity index (χ1) is 12.2. The highest BCUT2D eigenvalue weighted by molar-refractivity contribution is 5.65. The molecule has 0 fully saturated rings. The fourth-order valence-corrected chi connectivity index (χ4v) is 2.55. The van der Waals surface area contributed by atoms with Gasteiger partial charge < -0.3 is 10.4 Å². The Kier molecular flexibility index (Phi) is 3.74. The van der Waals surface area contributed by atoms with Gasteiger partial charge in [0.05, 0.1) is 5.69 Å². The molecule has 0 atom stereocenters. The van der Waals surface area contributed by atoms with Gasteiger partial charge in [-0.25, -0.2) is 9.37 Å². The summed E-state index contributed by atoms with van der Waals surface area (Å²) in [5, 5.41) is 16.7. The second-order valence-corrected chi connectivity index (χ2v) is 5.50. The average Bonchev–Trinajstić information content (AvgIpc) is 3.12. The van der Waals surface area contributed by atoms with Gasteiger partial charge in [0.25, 0.3) is 5.78 Å². The molecule has 124 valence electrons. The summed E-state index contributed by atoms with van der Waals surface area (Å²) in [6.07, 6.45) is 1.43. The van der Waals surface area contributed by atoms with Gasteiger partial charge >= 0.3 is 0 Å². The number of aromatic nitrogens is 4. The minimum atomic E-state index is -0.648. The molecule has 0 spiro atoms. The molecule has 0 saturated heterocycles. The van der Waals surface area contributed by atoms with Gasteiger partial charge in [-0.15, -0.1) is 0 Å². The van der Waals surface area contributed by atoms with Crippen molar-refractivity contribution in [2.24, 2.45) is 0 Å². The monoisotopic (exact) mass is 335 g/mol. The lowest BCUT2D eigenvalue weighted by Gasteiger charge is -2.10. The number of phenols is 1. The summed E-state index contributed by atoms with van der Waals surface area (Å²) in [7, 11) is 0. The zero-order chi connectivity index (χ0) is 17.2. The van der Waals surface area contributed by atoms with E-state index in [1.165, 1.54) is 18.5 Å². The van der Waals surface area contributed by atoms with Crippen LogP contribution in [0.15, 0.2) is 60.9 Å². The maximum absolute atomic E-state index is 13.5. The van der Waals surface area contributed by atoms with Gasteiger partial charge in [-0.3, -0.25) is 0 Å². The predicted octanol–water partition coefficient (Wildman–Crippen LogP) is 3.25.